The van der Waals surface area contributed by atoms with E-state index < -0.39 is 29.4 Å². The van der Waals surface area contributed by atoms with Crippen LogP contribution in [0.15, 0.2) is 22.5 Å². The number of hydrogen-bond donors (Lipinski definition) is 3. The van der Waals surface area contributed by atoms with Crippen LogP contribution in [-0.4, -0.2) is 45.9 Å². The second kappa shape index (κ2) is 5.50. The van der Waals surface area contributed by atoms with Crippen molar-refractivity contribution in [3.63, 3.8) is 0 Å². The van der Waals surface area contributed by atoms with Gasteiger partial charge in [0.1, 0.15) is 5.76 Å². The first-order chi connectivity index (χ1) is 12.1. The normalized spacial score (nSPS) is 42.9. The fourth-order valence-electron chi connectivity index (χ4n) is 5.95. The number of carbonyl (C=O) groups is 2. The predicted molar refractivity (Wildman–Crippen MR) is 92.0 cm³/mol. The minimum atomic E-state index is -1.22. The van der Waals surface area contributed by atoms with Gasteiger partial charge in [0.15, 0.2) is 6.29 Å². The summed E-state index contributed by atoms with van der Waals surface area (Å²) < 4.78 is 5.66. The van der Waals surface area contributed by atoms with E-state index in [9.17, 15) is 24.9 Å². The van der Waals surface area contributed by atoms with Crippen molar-refractivity contribution in [1.82, 2.24) is 0 Å². The zero-order valence-electron chi connectivity index (χ0n) is 15.4. The average molecular weight is 362 g/mol. The molecule has 6 nitrogen and oxygen atoms in total. The van der Waals surface area contributed by atoms with Gasteiger partial charge >= 0.3 is 0 Å². The number of rotatable bonds is 1. The summed E-state index contributed by atoms with van der Waals surface area (Å²) in [4.78, 5) is 25.9. The lowest BCUT2D eigenvalue weighted by molar-refractivity contribution is -0.278. The number of aliphatic hydroxyl groups excluding tert-OH is 3. The number of hydrogen-bond acceptors (Lipinski definition) is 6. The highest BCUT2D eigenvalue weighted by Gasteiger charge is 2.66. The van der Waals surface area contributed by atoms with Crippen LogP contribution in [-0.2, 0) is 14.3 Å². The Morgan fingerprint density at radius 1 is 1.15 bits per heavy atom. The molecule has 2 fully saturated rings. The Bertz CT molecular complexity index is 762. The molecule has 0 aromatic rings. The van der Waals surface area contributed by atoms with Crippen LogP contribution in [0.3, 0.4) is 0 Å². The van der Waals surface area contributed by atoms with E-state index in [1.807, 2.05) is 0 Å². The Kier molecular flexibility index (Phi) is 3.79. The Balaban J connectivity index is 2.02. The number of Topliss-reactive ketones (excluding diaryl/α,β-unsaturated/α-hetero) is 2. The predicted octanol–water partition coefficient (Wildman–Crippen LogP) is 1.81. The van der Waals surface area contributed by atoms with Gasteiger partial charge in [-0.25, -0.2) is 0 Å². The fourth-order valence-corrected chi connectivity index (χ4v) is 5.95. The van der Waals surface area contributed by atoms with Gasteiger partial charge in [0.25, 0.3) is 0 Å². The molecule has 142 valence electrons. The molecule has 3 aliphatic carbocycles. The van der Waals surface area contributed by atoms with Crippen molar-refractivity contribution < 1.29 is 29.6 Å². The molecule has 0 spiro atoms. The zero-order chi connectivity index (χ0) is 19.0. The molecule has 4 aliphatic rings. The molecule has 0 aromatic heterocycles. The number of allylic oxidation sites excluding steroid dienone is 1. The minimum absolute atomic E-state index is 0.0486. The van der Waals surface area contributed by atoms with Gasteiger partial charge in [0, 0.05) is 16.7 Å². The van der Waals surface area contributed by atoms with Crippen LogP contribution < -0.4 is 0 Å². The first-order valence-corrected chi connectivity index (χ1v) is 9.40. The lowest BCUT2D eigenvalue weighted by Crippen LogP contribution is -2.64. The smallest absolute Gasteiger partial charge is 0.233 e. The molecule has 1 heterocycles. The molecule has 1 unspecified atom stereocenters. The molecule has 5 atom stereocenters. The summed E-state index contributed by atoms with van der Waals surface area (Å²) in [5.41, 5.74) is -1.05. The van der Waals surface area contributed by atoms with Crippen LogP contribution in [0, 0.1) is 22.7 Å². The summed E-state index contributed by atoms with van der Waals surface area (Å²) in [6.45, 7) is 5.88. The van der Waals surface area contributed by atoms with Gasteiger partial charge in [-0.15, -0.1) is 0 Å². The van der Waals surface area contributed by atoms with Crippen LogP contribution in [0.5, 0.6) is 0 Å². The maximum Gasteiger partial charge on any atom is 0.233 e. The molecule has 1 aliphatic heterocycles. The van der Waals surface area contributed by atoms with E-state index >= 15 is 0 Å². The first kappa shape index (κ1) is 17.9. The molecule has 1 saturated carbocycles. The summed E-state index contributed by atoms with van der Waals surface area (Å²) in [5.74, 6) is -2.24. The number of carbonyl (C=O) groups excluding carboxylic acids is 2. The van der Waals surface area contributed by atoms with Crippen LogP contribution in [0.1, 0.15) is 46.5 Å². The highest BCUT2D eigenvalue weighted by molar-refractivity contribution is 6.50. The Labute approximate surface area is 152 Å². The molecule has 1 saturated heterocycles. The lowest BCUT2D eigenvalue weighted by Gasteiger charge is -2.62. The quantitative estimate of drug-likeness (QED) is 0.485. The zero-order valence-corrected chi connectivity index (χ0v) is 15.4. The largest absolute Gasteiger partial charge is 0.507 e. The summed E-state index contributed by atoms with van der Waals surface area (Å²) in [7, 11) is 0. The van der Waals surface area contributed by atoms with E-state index in [0.717, 1.165) is 12.8 Å². The second-order valence-corrected chi connectivity index (χ2v) is 8.88. The van der Waals surface area contributed by atoms with Crippen molar-refractivity contribution in [3.05, 3.63) is 22.5 Å². The van der Waals surface area contributed by atoms with E-state index in [2.05, 4.69) is 6.92 Å². The molecular weight excluding hydrogens is 336 g/mol. The van der Waals surface area contributed by atoms with Crippen LogP contribution in [0.25, 0.3) is 0 Å². The topological polar surface area (TPSA) is 104 Å². The first-order valence-electron chi connectivity index (χ1n) is 9.40. The van der Waals surface area contributed by atoms with Gasteiger partial charge in [-0.2, -0.15) is 0 Å². The van der Waals surface area contributed by atoms with E-state index in [0.29, 0.717) is 19.4 Å². The van der Waals surface area contributed by atoms with E-state index in [-0.39, 0.29) is 39.7 Å². The molecule has 0 radical (unpaired) electrons. The highest BCUT2D eigenvalue weighted by atomic mass is 16.6. The van der Waals surface area contributed by atoms with Crippen molar-refractivity contribution in [1.29, 1.82) is 0 Å². The maximum absolute atomic E-state index is 13.1. The molecule has 6 heteroatoms. The molecule has 3 N–H and O–H groups in total. The molecular formula is C20H26O6. The van der Waals surface area contributed by atoms with E-state index in [1.54, 1.807) is 13.8 Å². The Morgan fingerprint density at radius 2 is 1.85 bits per heavy atom. The monoisotopic (exact) mass is 362 g/mol. The van der Waals surface area contributed by atoms with Crippen molar-refractivity contribution in [2.75, 3.05) is 6.61 Å². The average Bonchev–Trinajstić information content (AvgIpc) is 2.56. The summed E-state index contributed by atoms with van der Waals surface area (Å²) in [6, 6.07) is 0. The molecule has 2 bridgehead atoms. The molecule has 0 amide bonds. The number of ether oxygens (including phenoxy) is 1. The van der Waals surface area contributed by atoms with Gasteiger partial charge in [-0.3, -0.25) is 9.59 Å². The van der Waals surface area contributed by atoms with Gasteiger partial charge in [0.05, 0.1) is 18.1 Å². The summed E-state index contributed by atoms with van der Waals surface area (Å²) in [6.07, 6.45) is 0.266. The second-order valence-electron chi connectivity index (χ2n) is 8.88. The van der Waals surface area contributed by atoms with Gasteiger partial charge in [-0.1, -0.05) is 27.2 Å². The van der Waals surface area contributed by atoms with Gasteiger partial charge in [-0.05, 0) is 36.5 Å². The summed E-state index contributed by atoms with van der Waals surface area (Å²) >= 11 is 0. The summed E-state index contributed by atoms with van der Waals surface area (Å²) in [5, 5.41) is 32.4. The molecule has 26 heavy (non-hydrogen) atoms. The van der Waals surface area contributed by atoms with Crippen molar-refractivity contribution in [3.8, 4) is 0 Å². The van der Waals surface area contributed by atoms with Crippen molar-refractivity contribution in [2.45, 2.75) is 58.8 Å². The third kappa shape index (κ3) is 1.98. The SMILES string of the molecule is CC(C)C1=C(O)C2=C(C(=O)C1=O)[C@]13CCC[C@](C)(COC1O)[C@@H]3C[C@H]2O. The number of aliphatic hydroxyl groups is 3. The van der Waals surface area contributed by atoms with Crippen LogP contribution >= 0.6 is 0 Å². The fraction of sp³-hybridized carbons (Fsp3) is 0.700. The van der Waals surface area contributed by atoms with E-state index in [4.69, 9.17) is 4.74 Å². The lowest BCUT2D eigenvalue weighted by atomic mass is 9.46. The third-order valence-corrected chi connectivity index (χ3v) is 7.11. The molecule has 0 aromatic carbocycles. The minimum Gasteiger partial charge on any atom is -0.507 e. The highest BCUT2D eigenvalue weighted by Crippen LogP contribution is 2.65. The molecule has 4 rings (SSSR count). The van der Waals surface area contributed by atoms with Crippen LogP contribution in [0.2, 0.25) is 0 Å². The van der Waals surface area contributed by atoms with Gasteiger partial charge in [0.2, 0.25) is 11.6 Å². The number of ketones is 2. The Morgan fingerprint density at radius 3 is 2.50 bits per heavy atom. The third-order valence-electron chi connectivity index (χ3n) is 7.11. The standard InChI is InChI=1S/C20H26O6/c1-9(2)12-15(22)13-10(21)7-11-19(3)5-4-6-20(11,18(25)26-8-19)14(13)17(24)16(12)23/h9-11,18,21-22,25H,4-8H2,1-3H3/t10-,11+,18?,19-,20-/m1/s1. The maximum atomic E-state index is 13.1. The van der Waals surface area contributed by atoms with Crippen LogP contribution in [0.4, 0.5) is 0 Å². The Hall–Kier alpha value is -1.50. The van der Waals surface area contributed by atoms with Gasteiger partial charge < -0.3 is 20.1 Å². The van der Waals surface area contributed by atoms with Crippen molar-refractivity contribution >= 4 is 11.6 Å². The van der Waals surface area contributed by atoms with E-state index in [1.165, 1.54) is 0 Å². The van der Waals surface area contributed by atoms with Crippen molar-refractivity contribution in [2.24, 2.45) is 22.7 Å².